The number of aliphatic hydroxyl groups excluding tert-OH is 4. The van der Waals surface area contributed by atoms with E-state index >= 15 is 0 Å². The number of rotatable bonds is 9. The van der Waals surface area contributed by atoms with Crippen LogP contribution in [0.1, 0.15) is 12.8 Å². The molecule has 4 rings (SSSR count). The van der Waals surface area contributed by atoms with Gasteiger partial charge in [0, 0.05) is 25.9 Å². The van der Waals surface area contributed by atoms with Crippen LogP contribution in [0.5, 0.6) is 0 Å². The van der Waals surface area contributed by atoms with E-state index in [0.717, 1.165) is 0 Å². The Morgan fingerprint density at radius 1 is 0.857 bits per heavy atom. The highest BCUT2D eigenvalue weighted by Gasteiger charge is 2.52. The summed E-state index contributed by atoms with van der Waals surface area (Å²) in [4.78, 5) is 36.2. The monoisotopic (exact) mass is 846 g/mol. The lowest BCUT2D eigenvalue weighted by Crippen LogP contribution is -2.48. The molecule has 4 aliphatic rings. The molecule has 0 aromatic rings. The van der Waals surface area contributed by atoms with Crippen molar-refractivity contribution in [2.45, 2.75) is 48.5 Å². The highest BCUT2D eigenvalue weighted by molar-refractivity contribution is 9.12. The first-order valence-corrected chi connectivity index (χ1v) is 15.4. The first kappa shape index (κ1) is 33.1. The molecule has 6 atom stereocenters. The van der Waals surface area contributed by atoms with Gasteiger partial charge in [0.1, 0.15) is 35.1 Å². The highest BCUT2D eigenvalue weighted by Crippen LogP contribution is 2.45. The summed E-state index contributed by atoms with van der Waals surface area (Å²) in [5, 5.41) is 54.6. The maximum atomic E-state index is 12.7. The third-order valence-corrected chi connectivity index (χ3v) is 9.64. The number of hydrogen-bond donors (Lipinski definition) is 6. The Morgan fingerprint density at radius 2 is 1.21 bits per heavy atom. The minimum absolute atomic E-state index is 0.0420. The van der Waals surface area contributed by atoms with Crippen molar-refractivity contribution in [3.63, 3.8) is 0 Å². The molecular weight excluding hydrogens is 824 g/mol. The summed E-state index contributed by atoms with van der Waals surface area (Å²) in [7, 11) is 2.88. The molecule has 0 aromatic heterocycles. The number of amides is 2. The third-order valence-electron chi connectivity index (χ3n) is 6.87. The number of methoxy groups -OCH3 is 2. The van der Waals surface area contributed by atoms with Crippen molar-refractivity contribution < 1.29 is 49.2 Å². The largest absolute Gasteiger partial charge is 0.495 e. The molecule has 0 fully saturated rings. The van der Waals surface area contributed by atoms with Gasteiger partial charge in [-0.3, -0.25) is 9.59 Å². The van der Waals surface area contributed by atoms with Gasteiger partial charge >= 0.3 is 0 Å². The lowest BCUT2D eigenvalue weighted by atomic mass is 9.87. The third kappa shape index (κ3) is 6.22. The van der Waals surface area contributed by atoms with E-state index in [1.807, 2.05) is 0 Å². The van der Waals surface area contributed by atoms with Crippen LogP contribution in [0.2, 0.25) is 0 Å². The molecule has 0 saturated carbocycles. The Kier molecular flexibility index (Phi) is 10.3. The summed E-state index contributed by atoms with van der Waals surface area (Å²) in [5.41, 5.74) is -2.78. The van der Waals surface area contributed by atoms with Gasteiger partial charge < -0.3 is 50.2 Å². The molecule has 0 bridgehead atoms. The van der Waals surface area contributed by atoms with Gasteiger partial charge in [0.25, 0.3) is 11.8 Å². The maximum Gasteiger partial charge on any atom is 0.269 e. The molecule has 6 N–H and O–H groups in total. The van der Waals surface area contributed by atoms with Crippen LogP contribution in [0.4, 0.5) is 0 Å². The number of halogens is 4. The van der Waals surface area contributed by atoms with Gasteiger partial charge in [0.15, 0.2) is 11.2 Å². The van der Waals surface area contributed by atoms with E-state index in [9.17, 15) is 30.0 Å². The van der Waals surface area contributed by atoms with Gasteiger partial charge in [-0.15, -0.1) is 0 Å². The molecule has 6 unspecified atom stereocenters. The normalized spacial score (nSPS) is 30.1. The molecule has 2 aliphatic carbocycles. The van der Waals surface area contributed by atoms with Crippen LogP contribution in [0.3, 0.4) is 0 Å². The fraction of sp³-hybridized carbons (Fsp3) is 0.500. The number of ether oxygens (including phenoxy) is 2. The van der Waals surface area contributed by atoms with Gasteiger partial charge in [0.2, 0.25) is 0 Å². The molecule has 14 nitrogen and oxygen atoms in total. The van der Waals surface area contributed by atoms with Crippen LogP contribution in [-0.2, 0) is 28.7 Å². The zero-order chi connectivity index (χ0) is 31.0. The second-order valence-corrected chi connectivity index (χ2v) is 13.0. The lowest BCUT2D eigenvalue weighted by molar-refractivity contribution is -0.117. The standard InChI is InChI=1S/C24H26Br4N4O10/c1-39-17-9(25)3-23(19(35)15(17)27)5-11(31-41-23)21(37)29-7-13(33)14(34)8-30-22(38)12-6-24(42-32-12)4-10(26)18(40-2)16(28)20(24)36/h3-4,13-14,19-20,33-36H,5-8H2,1-2H3,(H,29,37)(H,30,38). The van der Waals surface area contributed by atoms with E-state index < -0.39 is 47.4 Å². The first-order chi connectivity index (χ1) is 19.8. The first-order valence-electron chi connectivity index (χ1n) is 12.2. The van der Waals surface area contributed by atoms with Crippen LogP contribution < -0.4 is 10.6 Å². The highest BCUT2D eigenvalue weighted by atomic mass is 79.9. The number of nitrogens with zero attached hydrogens (tertiary/aromatic N) is 2. The average Bonchev–Trinajstić information content (AvgIpc) is 3.58. The molecule has 2 aliphatic heterocycles. The molecule has 2 heterocycles. The number of allylic oxidation sites excluding steroid dienone is 2. The molecule has 0 aromatic carbocycles. The summed E-state index contributed by atoms with van der Waals surface area (Å²) in [6.07, 6.45) is -2.40. The number of nitrogens with one attached hydrogen (secondary N) is 2. The second kappa shape index (κ2) is 13.1. The number of carbonyl (C=O) groups excluding carboxylic acids is 2. The minimum atomic E-state index is -1.46. The van der Waals surface area contributed by atoms with Crippen molar-refractivity contribution in [3.05, 3.63) is 41.6 Å². The Morgan fingerprint density at radius 3 is 1.55 bits per heavy atom. The van der Waals surface area contributed by atoms with Crippen LogP contribution in [0, 0.1) is 0 Å². The van der Waals surface area contributed by atoms with Crippen LogP contribution in [-0.4, -0.2) is 107 Å². The zero-order valence-electron chi connectivity index (χ0n) is 21.9. The summed E-state index contributed by atoms with van der Waals surface area (Å²) in [6, 6.07) is 0. The predicted molar refractivity (Wildman–Crippen MR) is 162 cm³/mol. The summed E-state index contributed by atoms with van der Waals surface area (Å²) >= 11 is 13.2. The van der Waals surface area contributed by atoms with E-state index in [1.54, 1.807) is 12.2 Å². The van der Waals surface area contributed by atoms with Crippen molar-refractivity contribution >= 4 is 87.0 Å². The number of aliphatic hydroxyl groups is 4. The van der Waals surface area contributed by atoms with Crippen molar-refractivity contribution in [1.29, 1.82) is 0 Å². The van der Waals surface area contributed by atoms with Gasteiger partial charge in [0.05, 0.1) is 44.4 Å². The van der Waals surface area contributed by atoms with E-state index in [1.165, 1.54) is 14.2 Å². The molecule has 42 heavy (non-hydrogen) atoms. The number of hydrogen-bond acceptors (Lipinski definition) is 12. The quantitative estimate of drug-likeness (QED) is 0.193. The van der Waals surface area contributed by atoms with Crippen LogP contribution in [0.15, 0.2) is 51.9 Å². The Hall–Kier alpha value is -1.80. The Bertz CT molecular complexity index is 1250. The smallest absolute Gasteiger partial charge is 0.269 e. The summed E-state index contributed by atoms with van der Waals surface area (Å²) in [5.74, 6) is -0.621. The van der Waals surface area contributed by atoms with Gasteiger partial charge in [-0.05, 0) is 75.9 Å². The zero-order valence-corrected chi connectivity index (χ0v) is 28.3. The lowest BCUT2D eigenvalue weighted by Gasteiger charge is -2.33. The SMILES string of the molecule is COC1=C(Br)C(O)C2(C=C1Br)CC(C(=O)NCC(O)C(O)CNC(=O)C1=NOC3(C=C(Br)C(OC)=C(Br)C3O)C1)=NO2. The second-order valence-electron chi connectivity index (χ2n) is 9.63. The molecule has 2 amide bonds. The van der Waals surface area contributed by atoms with Crippen molar-refractivity contribution in [2.24, 2.45) is 10.3 Å². The van der Waals surface area contributed by atoms with Gasteiger partial charge in [-0.25, -0.2) is 0 Å². The Labute approximate surface area is 273 Å². The van der Waals surface area contributed by atoms with Crippen molar-refractivity contribution in [2.75, 3.05) is 27.3 Å². The molecule has 0 saturated heterocycles. The van der Waals surface area contributed by atoms with Gasteiger partial charge in [-0.1, -0.05) is 10.3 Å². The van der Waals surface area contributed by atoms with Gasteiger partial charge in [-0.2, -0.15) is 0 Å². The molecule has 230 valence electrons. The molecule has 0 radical (unpaired) electrons. The van der Waals surface area contributed by atoms with Crippen molar-refractivity contribution in [1.82, 2.24) is 10.6 Å². The summed E-state index contributed by atoms with van der Waals surface area (Å²) in [6.45, 7) is -0.746. The summed E-state index contributed by atoms with van der Waals surface area (Å²) < 4.78 is 12.1. The Balaban J connectivity index is 1.24. The topological polar surface area (TPSA) is 201 Å². The van der Waals surface area contributed by atoms with E-state index in [-0.39, 0.29) is 37.4 Å². The van der Waals surface area contributed by atoms with E-state index in [0.29, 0.717) is 29.4 Å². The van der Waals surface area contributed by atoms with E-state index in [4.69, 9.17) is 19.1 Å². The average molecular weight is 850 g/mol. The molecule has 18 heteroatoms. The maximum absolute atomic E-state index is 12.7. The van der Waals surface area contributed by atoms with Crippen LogP contribution in [0.25, 0.3) is 0 Å². The van der Waals surface area contributed by atoms with Crippen LogP contribution >= 0.6 is 63.7 Å². The predicted octanol–water partition coefficient (Wildman–Crippen LogP) is 0.783. The number of carbonyl (C=O) groups is 2. The molecular formula is C24H26Br4N4O10. The van der Waals surface area contributed by atoms with E-state index in [2.05, 4.69) is 84.7 Å². The molecule has 2 spiro atoms. The van der Waals surface area contributed by atoms with Crippen molar-refractivity contribution in [3.8, 4) is 0 Å². The fourth-order valence-corrected chi connectivity index (χ4v) is 8.09. The number of oxime groups is 2. The minimum Gasteiger partial charge on any atom is -0.495 e. The fourth-order valence-electron chi connectivity index (χ4n) is 4.51.